The molecule has 2 spiro atoms. The van der Waals surface area contributed by atoms with E-state index in [1.54, 1.807) is 0 Å². The molecule has 3 aliphatic rings. The minimum atomic E-state index is -0.462. The molecular weight excluding hydrogens is 300 g/mol. The van der Waals surface area contributed by atoms with Crippen LogP contribution in [0.15, 0.2) is 30.3 Å². The molecule has 0 N–H and O–H groups in total. The first kappa shape index (κ1) is 16.1. The molecule has 0 bridgehead atoms. The zero-order chi connectivity index (χ0) is 16.6. The van der Waals surface area contributed by atoms with E-state index in [1.165, 1.54) is 5.56 Å². The van der Waals surface area contributed by atoms with E-state index in [0.29, 0.717) is 0 Å². The Bertz CT molecular complexity index is 599. The van der Waals surface area contributed by atoms with Gasteiger partial charge < -0.3 is 14.5 Å². The van der Waals surface area contributed by atoms with Crippen molar-refractivity contribution in [1.82, 2.24) is 9.80 Å². The topological polar surface area (TPSA) is 32.8 Å². The van der Waals surface area contributed by atoms with Gasteiger partial charge in [-0.2, -0.15) is 0 Å². The molecular formula is C20H28N2O2. The minimum absolute atomic E-state index is 0.143. The van der Waals surface area contributed by atoms with E-state index < -0.39 is 5.60 Å². The lowest BCUT2D eigenvalue weighted by molar-refractivity contribution is -0.201. The standard InChI is InChI=1S/C20H28N2O2/c1-2-22-16-19(24-20(11-12-20)18(22)23)10-6-13-21(15-19)14-9-17-7-4-3-5-8-17/h3-5,7-8H,2,6,9-16H2,1H3. The van der Waals surface area contributed by atoms with Gasteiger partial charge in [-0.05, 0) is 51.1 Å². The van der Waals surface area contributed by atoms with E-state index in [4.69, 9.17) is 4.74 Å². The summed E-state index contributed by atoms with van der Waals surface area (Å²) >= 11 is 0. The predicted molar refractivity (Wildman–Crippen MR) is 93.9 cm³/mol. The first-order valence-electron chi connectivity index (χ1n) is 9.41. The number of ether oxygens (including phenoxy) is 1. The monoisotopic (exact) mass is 328 g/mol. The predicted octanol–water partition coefficient (Wildman–Crippen LogP) is 2.48. The molecule has 0 aromatic heterocycles. The van der Waals surface area contributed by atoms with Crippen LogP contribution in [0.4, 0.5) is 0 Å². The molecule has 2 saturated heterocycles. The van der Waals surface area contributed by atoms with Crippen molar-refractivity contribution >= 4 is 5.91 Å². The normalized spacial score (nSPS) is 29.4. The number of rotatable bonds is 4. The molecule has 2 aliphatic heterocycles. The average molecular weight is 328 g/mol. The van der Waals surface area contributed by atoms with Crippen molar-refractivity contribution in [3.05, 3.63) is 35.9 Å². The molecule has 130 valence electrons. The summed E-state index contributed by atoms with van der Waals surface area (Å²) in [5, 5.41) is 0. The first-order valence-corrected chi connectivity index (χ1v) is 9.41. The number of carbonyl (C=O) groups excluding carboxylic acids is 1. The van der Waals surface area contributed by atoms with Crippen LogP contribution in [-0.2, 0) is 16.0 Å². The third kappa shape index (κ3) is 2.98. The highest BCUT2D eigenvalue weighted by Crippen LogP contribution is 2.49. The van der Waals surface area contributed by atoms with Crippen LogP contribution in [0.3, 0.4) is 0 Å². The quantitative estimate of drug-likeness (QED) is 0.851. The second-order valence-corrected chi connectivity index (χ2v) is 7.71. The fourth-order valence-electron chi connectivity index (χ4n) is 4.41. The van der Waals surface area contributed by atoms with Crippen LogP contribution in [0.25, 0.3) is 0 Å². The molecule has 1 aromatic rings. The van der Waals surface area contributed by atoms with Crippen molar-refractivity contribution in [1.29, 1.82) is 0 Å². The maximum Gasteiger partial charge on any atom is 0.254 e. The van der Waals surface area contributed by atoms with Gasteiger partial charge >= 0.3 is 0 Å². The highest BCUT2D eigenvalue weighted by molar-refractivity contribution is 5.89. The van der Waals surface area contributed by atoms with Crippen molar-refractivity contribution in [2.75, 3.05) is 32.7 Å². The maximum atomic E-state index is 12.5. The Morgan fingerprint density at radius 3 is 2.62 bits per heavy atom. The van der Waals surface area contributed by atoms with Gasteiger partial charge in [-0.25, -0.2) is 0 Å². The van der Waals surface area contributed by atoms with Gasteiger partial charge in [-0.3, -0.25) is 4.79 Å². The molecule has 1 atom stereocenters. The molecule has 1 aliphatic carbocycles. The number of likely N-dealkylation sites (N-methyl/N-ethyl adjacent to an activating group) is 1. The van der Waals surface area contributed by atoms with Crippen LogP contribution in [-0.4, -0.2) is 59.6 Å². The van der Waals surface area contributed by atoms with Gasteiger partial charge in [0.2, 0.25) is 0 Å². The van der Waals surface area contributed by atoms with E-state index in [0.717, 1.165) is 64.8 Å². The Balaban J connectivity index is 1.43. The second-order valence-electron chi connectivity index (χ2n) is 7.71. The van der Waals surface area contributed by atoms with Gasteiger partial charge in [-0.1, -0.05) is 30.3 Å². The highest BCUT2D eigenvalue weighted by Gasteiger charge is 2.61. The summed E-state index contributed by atoms with van der Waals surface area (Å²) in [6.45, 7) is 6.84. The van der Waals surface area contributed by atoms with E-state index >= 15 is 0 Å². The average Bonchev–Trinajstić information content (AvgIpc) is 3.38. The number of amides is 1. The Morgan fingerprint density at radius 1 is 1.12 bits per heavy atom. The number of nitrogens with zero attached hydrogens (tertiary/aromatic N) is 2. The molecule has 1 saturated carbocycles. The van der Waals surface area contributed by atoms with Crippen LogP contribution in [0.2, 0.25) is 0 Å². The van der Waals surface area contributed by atoms with Crippen molar-refractivity contribution in [3.8, 4) is 0 Å². The van der Waals surface area contributed by atoms with E-state index in [1.807, 2.05) is 4.90 Å². The van der Waals surface area contributed by atoms with Gasteiger partial charge in [0.25, 0.3) is 5.91 Å². The number of benzene rings is 1. The van der Waals surface area contributed by atoms with E-state index in [-0.39, 0.29) is 11.5 Å². The van der Waals surface area contributed by atoms with Crippen LogP contribution < -0.4 is 0 Å². The summed E-state index contributed by atoms with van der Waals surface area (Å²) < 4.78 is 6.51. The summed E-state index contributed by atoms with van der Waals surface area (Å²) in [4.78, 5) is 17.1. The lowest BCUT2D eigenvalue weighted by Crippen LogP contribution is -2.65. The number of carbonyl (C=O) groups is 1. The van der Waals surface area contributed by atoms with Gasteiger partial charge in [0.05, 0.1) is 12.1 Å². The Kier molecular flexibility index (Phi) is 4.13. The lowest BCUT2D eigenvalue weighted by atomic mass is 9.89. The van der Waals surface area contributed by atoms with Gasteiger partial charge in [-0.15, -0.1) is 0 Å². The molecule has 1 amide bonds. The minimum Gasteiger partial charge on any atom is -0.356 e. The van der Waals surface area contributed by atoms with Crippen molar-refractivity contribution in [2.45, 2.75) is 50.2 Å². The molecule has 2 heterocycles. The third-order valence-electron chi connectivity index (χ3n) is 5.83. The molecule has 1 unspecified atom stereocenters. The maximum absolute atomic E-state index is 12.5. The Morgan fingerprint density at radius 2 is 1.92 bits per heavy atom. The second kappa shape index (κ2) is 6.16. The fraction of sp³-hybridized carbons (Fsp3) is 0.650. The summed E-state index contributed by atoms with van der Waals surface area (Å²) in [6, 6.07) is 10.7. The molecule has 1 aromatic carbocycles. The summed E-state index contributed by atoms with van der Waals surface area (Å²) in [6.07, 6.45) is 5.15. The number of piperidine rings is 1. The molecule has 4 nitrogen and oxygen atoms in total. The summed E-state index contributed by atoms with van der Waals surface area (Å²) in [5.41, 5.74) is 0.789. The zero-order valence-corrected chi connectivity index (χ0v) is 14.7. The van der Waals surface area contributed by atoms with Crippen molar-refractivity contribution in [2.24, 2.45) is 0 Å². The van der Waals surface area contributed by atoms with Crippen LogP contribution in [0, 0.1) is 0 Å². The van der Waals surface area contributed by atoms with Crippen molar-refractivity contribution in [3.63, 3.8) is 0 Å². The highest BCUT2D eigenvalue weighted by atomic mass is 16.5. The smallest absolute Gasteiger partial charge is 0.254 e. The molecule has 0 radical (unpaired) electrons. The molecule has 4 heteroatoms. The zero-order valence-electron chi connectivity index (χ0n) is 14.7. The lowest BCUT2D eigenvalue weighted by Gasteiger charge is -2.50. The number of morpholine rings is 1. The van der Waals surface area contributed by atoms with Gasteiger partial charge in [0.15, 0.2) is 0 Å². The van der Waals surface area contributed by atoms with E-state index in [9.17, 15) is 4.79 Å². The first-order chi connectivity index (χ1) is 11.6. The molecule has 4 rings (SSSR count). The van der Waals surface area contributed by atoms with Gasteiger partial charge in [0, 0.05) is 19.6 Å². The van der Waals surface area contributed by atoms with Crippen LogP contribution in [0.5, 0.6) is 0 Å². The SMILES string of the molecule is CCN1CC2(CCCN(CCc3ccccc3)C2)OC2(CC2)C1=O. The van der Waals surface area contributed by atoms with Crippen molar-refractivity contribution < 1.29 is 9.53 Å². The summed E-state index contributed by atoms with van der Waals surface area (Å²) in [7, 11) is 0. The Hall–Kier alpha value is -1.39. The summed E-state index contributed by atoms with van der Waals surface area (Å²) in [5.74, 6) is 0.233. The fourth-order valence-corrected chi connectivity index (χ4v) is 4.41. The number of hydrogen-bond donors (Lipinski definition) is 0. The van der Waals surface area contributed by atoms with Crippen LogP contribution in [0.1, 0.15) is 38.2 Å². The largest absolute Gasteiger partial charge is 0.356 e. The van der Waals surface area contributed by atoms with E-state index in [2.05, 4.69) is 42.2 Å². The number of likely N-dealkylation sites (tertiary alicyclic amines) is 1. The molecule has 3 fully saturated rings. The third-order valence-corrected chi connectivity index (χ3v) is 5.83. The molecule has 24 heavy (non-hydrogen) atoms. The van der Waals surface area contributed by atoms with Gasteiger partial charge in [0.1, 0.15) is 5.60 Å². The van der Waals surface area contributed by atoms with Crippen LogP contribution >= 0.6 is 0 Å². The Labute approximate surface area is 144 Å². The number of hydrogen-bond acceptors (Lipinski definition) is 3.